The Morgan fingerprint density at radius 1 is 1.27 bits per heavy atom. The topological polar surface area (TPSA) is 20.2 Å². The second-order valence-corrected chi connectivity index (χ2v) is 5.45. The minimum atomic E-state index is -0.358. The monoisotopic (exact) mass is 334 g/mol. The van der Waals surface area contributed by atoms with Gasteiger partial charge in [0.15, 0.2) is 0 Å². The summed E-state index contributed by atoms with van der Waals surface area (Å²) >= 11 is 6.87. The average Bonchev–Trinajstić information content (AvgIpc) is 2.22. The lowest BCUT2D eigenvalue weighted by atomic mass is 10.0. The van der Waals surface area contributed by atoms with Crippen molar-refractivity contribution < 1.29 is 5.11 Å². The second kappa shape index (κ2) is 6.66. The van der Waals surface area contributed by atoms with E-state index in [1.807, 2.05) is 18.2 Å². The summed E-state index contributed by atoms with van der Waals surface area (Å²) in [7, 11) is 0. The summed E-state index contributed by atoms with van der Waals surface area (Å²) in [6.45, 7) is 2.17. The fraction of sp³-hybridized carbons (Fsp3) is 0.500. The number of benzene rings is 1. The first-order valence-electron chi connectivity index (χ1n) is 5.28. The highest BCUT2D eigenvalue weighted by Crippen LogP contribution is 2.29. The van der Waals surface area contributed by atoms with Crippen LogP contribution in [-0.4, -0.2) is 5.11 Å². The molecule has 0 radical (unpaired) electrons. The molecule has 0 fully saturated rings. The van der Waals surface area contributed by atoms with Crippen molar-refractivity contribution in [2.24, 2.45) is 0 Å². The van der Waals surface area contributed by atoms with Gasteiger partial charge in [0.05, 0.1) is 6.10 Å². The maximum Gasteiger partial charge on any atom is 0.0801 e. The molecule has 0 heterocycles. The molecule has 0 aliphatic carbocycles. The first kappa shape index (κ1) is 13.2. The van der Waals surface area contributed by atoms with Crippen molar-refractivity contribution in [3.8, 4) is 0 Å². The molecule has 1 aromatic rings. The molecule has 0 bridgehead atoms. The Labute approximate surface area is 108 Å². The first-order chi connectivity index (χ1) is 7.15. The molecule has 3 heteroatoms. The summed E-state index contributed by atoms with van der Waals surface area (Å²) in [5.41, 5.74) is 0.973. The van der Waals surface area contributed by atoms with Crippen molar-refractivity contribution in [1.29, 1.82) is 0 Å². The van der Waals surface area contributed by atoms with Crippen molar-refractivity contribution in [2.45, 2.75) is 38.7 Å². The molecule has 0 aliphatic heterocycles. The Balaban J connectivity index is 2.64. The van der Waals surface area contributed by atoms with E-state index in [0.717, 1.165) is 27.4 Å². The van der Waals surface area contributed by atoms with Gasteiger partial charge >= 0.3 is 0 Å². The molecule has 0 spiro atoms. The Kier molecular flexibility index (Phi) is 5.87. The summed E-state index contributed by atoms with van der Waals surface area (Å²) in [6, 6.07) is 5.90. The van der Waals surface area contributed by atoms with Crippen molar-refractivity contribution in [3.63, 3.8) is 0 Å². The van der Waals surface area contributed by atoms with Crippen LogP contribution in [0.2, 0.25) is 0 Å². The number of hydrogen-bond donors (Lipinski definition) is 1. The van der Waals surface area contributed by atoms with Crippen molar-refractivity contribution >= 4 is 31.9 Å². The number of hydrogen-bond acceptors (Lipinski definition) is 1. The second-order valence-electron chi connectivity index (χ2n) is 3.68. The Hall–Kier alpha value is 0.140. The van der Waals surface area contributed by atoms with Crippen LogP contribution in [0.4, 0.5) is 0 Å². The quantitative estimate of drug-likeness (QED) is 0.764. The molecular formula is C12H16Br2O. The molecule has 0 amide bonds. The third kappa shape index (κ3) is 4.25. The molecule has 84 valence electrons. The molecule has 1 atom stereocenters. The molecule has 0 aromatic heterocycles. The standard InChI is InChI=1S/C12H16Br2O/c1-2-3-4-5-12(15)10-8-9(13)6-7-11(10)14/h6-8,12,15H,2-5H2,1H3. The molecule has 1 aromatic carbocycles. The van der Waals surface area contributed by atoms with Crippen LogP contribution in [-0.2, 0) is 0 Å². The van der Waals surface area contributed by atoms with Gasteiger partial charge in [0, 0.05) is 8.95 Å². The van der Waals surface area contributed by atoms with Crippen LogP contribution in [0.25, 0.3) is 0 Å². The van der Waals surface area contributed by atoms with Gasteiger partial charge in [-0.15, -0.1) is 0 Å². The van der Waals surface area contributed by atoms with E-state index in [1.54, 1.807) is 0 Å². The fourth-order valence-electron chi connectivity index (χ4n) is 1.51. The zero-order chi connectivity index (χ0) is 11.3. The molecule has 0 aliphatic rings. The van der Waals surface area contributed by atoms with Crippen LogP contribution in [0.15, 0.2) is 27.1 Å². The zero-order valence-corrected chi connectivity index (χ0v) is 12.0. The highest BCUT2D eigenvalue weighted by atomic mass is 79.9. The SMILES string of the molecule is CCCCCC(O)c1cc(Br)ccc1Br. The van der Waals surface area contributed by atoms with Gasteiger partial charge in [0.25, 0.3) is 0 Å². The Morgan fingerprint density at radius 2 is 2.00 bits per heavy atom. The number of halogens is 2. The normalized spacial score (nSPS) is 12.8. The lowest BCUT2D eigenvalue weighted by molar-refractivity contribution is 0.163. The van der Waals surface area contributed by atoms with Crippen LogP contribution < -0.4 is 0 Å². The van der Waals surface area contributed by atoms with Gasteiger partial charge in [-0.1, -0.05) is 58.0 Å². The summed E-state index contributed by atoms with van der Waals surface area (Å²) in [4.78, 5) is 0. The first-order valence-corrected chi connectivity index (χ1v) is 6.86. The summed E-state index contributed by atoms with van der Waals surface area (Å²) < 4.78 is 1.99. The fourth-order valence-corrected chi connectivity index (χ4v) is 2.40. The van der Waals surface area contributed by atoms with Gasteiger partial charge in [0.1, 0.15) is 0 Å². The minimum Gasteiger partial charge on any atom is -0.388 e. The maximum atomic E-state index is 10.0. The lowest BCUT2D eigenvalue weighted by Crippen LogP contribution is -1.98. The average molecular weight is 336 g/mol. The third-order valence-corrected chi connectivity index (χ3v) is 3.61. The smallest absolute Gasteiger partial charge is 0.0801 e. The van der Waals surface area contributed by atoms with Crippen molar-refractivity contribution in [3.05, 3.63) is 32.7 Å². The van der Waals surface area contributed by atoms with Crippen LogP contribution in [0, 0.1) is 0 Å². The molecule has 1 N–H and O–H groups in total. The van der Waals surface area contributed by atoms with Gasteiger partial charge in [0.2, 0.25) is 0 Å². The van der Waals surface area contributed by atoms with Crippen molar-refractivity contribution in [2.75, 3.05) is 0 Å². The third-order valence-electron chi connectivity index (χ3n) is 2.40. The zero-order valence-electron chi connectivity index (χ0n) is 8.84. The highest BCUT2D eigenvalue weighted by molar-refractivity contribution is 9.11. The predicted molar refractivity (Wildman–Crippen MR) is 70.9 cm³/mol. The summed E-state index contributed by atoms with van der Waals surface area (Å²) in [5, 5.41) is 10.0. The molecule has 1 unspecified atom stereocenters. The van der Waals surface area contributed by atoms with Gasteiger partial charge in [-0.25, -0.2) is 0 Å². The maximum absolute atomic E-state index is 10.0. The van der Waals surface area contributed by atoms with E-state index in [4.69, 9.17) is 0 Å². The van der Waals surface area contributed by atoms with E-state index in [9.17, 15) is 5.11 Å². The highest BCUT2D eigenvalue weighted by Gasteiger charge is 2.11. The molecule has 0 saturated carbocycles. The molecule has 1 rings (SSSR count). The van der Waals surface area contributed by atoms with E-state index in [0.29, 0.717) is 0 Å². The Morgan fingerprint density at radius 3 is 2.67 bits per heavy atom. The molecular weight excluding hydrogens is 320 g/mol. The Bertz CT molecular complexity index is 312. The predicted octanol–water partition coefficient (Wildman–Crippen LogP) is 4.83. The molecule has 0 saturated heterocycles. The van der Waals surface area contributed by atoms with Crippen molar-refractivity contribution in [1.82, 2.24) is 0 Å². The van der Waals surface area contributed by atoms with Gasteiger partial charge in [-0.05, 0) is 30.2 Å². The van der Waals surface area contributed by atoms with E-state index in [-0.39, 0.29) is 6.10 Å². The summed E-state index contributed by atoms with van der Waals surface area (Å²) in [5.74, 6) is 0. The van der Waals surface area contributed by atoms with E-state index < -0.39 is 0 Å². The van der Waals surface area contributed by atoms with Crippen LogP contribution in [0.5, 0.6) is 0 Å². The lowest BCUT2D eigenvalue weighted by Gasteiger charge is -2.12. The van der Waals surface area contributed by atoms with Gasteiger partial charge in [-0.2, -0.15) is 0 Å². The molecule has 15 heavy (non-hydrogen) atoms. The van der Waals surface area contributed by atoms with E-state index in [2.05, 4.69) is 38.8 Å². The van der Waals surface area contributed by atoms with Gasteiger partial charge in [-0.3, -0.25) is 0 Å². The molecule has 1 nitrogen and oxygen atoms in total. The minimum absolute atomic E-state index is 0.358. The number of rotatable bonds is 5. The number of aliphatic hydroxyl groups is 1. The van der Waals surface area contributed by atoms with E-state index >= 15 is 0 Å². The number of aliphatic hydroxyl groups excluding tert-OH is 1. The van der Waals surface area contributed by atoms with Gasteiger partial charge < -0.3 is 5.11 Å². The largest absolute Gasteiger partial charge is 0.388 e. The van der Waals surface area contributed by atoms with Crippen LogP contribution >= 0.6 is 31.9 Å². The van der Waals surface area contributed by atoms with Crippen LogP contribution in [0.1, 0.15) is 44.3 Å². The number of unbranched alkanes of at least 4 members (excludes halogenated alkanes) is 2. The van der Waals surface area contributed by atoms with Crippen LogP contribution in [0.3, 0.4) is 0 Å². The van der Waals surface area contributed by atoms with E-state index in [1.165, 1.54) is 12.8 Å². The summed E-state index contributed by atoms with van der Waals surface area (Å²) in [6.07, 6.45) is 3.93.